The minimum atomic E-state index is -0.590. The zero-order chi connectivity index (χ0) is 16.4. The van der Waals surface area contributed by atoms with Gasteiger partial charge in [0, 0.05) is 18.4 Å². The van der Waals surface area contributed by atoms with E-state index < -0.39 is 17.1 Å². The number of amides is 2. The van der Waals surface area contributed by atoms with Crippen LogP contribution in [0.5, 0.6) is 0 Å². The SMILES string of the molecule is Cc1ccc(/C=C2/SC(=O)N(CC(=O)OC(C)C)C2=O)n1C. The van der Waals surface area contributed by atoms with Gasteiger partial charge in [-0.3, -0.25) is 19.3 Å². The van der Waals surface area contributed by atoms with Crippen molar-refractivity contribution in [2.75, 3.05) is 6.54 Å². The van der Waals surface area contributed by atoms with Gasteiger partial charge in [0.1, 0.15) is 6.54 Å². The van der Waals surface area contributed by atoms with E-state index in [9.17, 15) is 14.4 Å². The molecule has 2 rings (SSSR count). The number of hydrogen-bond donors (Lipinski definition) is 0. The molecule has 0 radical (unpaired) electrons. The summed E-state index contributed by atoms with van der Waals surface area (Å²) in [6, 6.07) is 3.80. The Morgan fingerprint density at radius 1 is 1.36 bits per heavy atom. The second kappa shape index (κ2) is 6.39. The highest BCUT2D eigenvalue weighted by Crippen LogP contribution is 2.32. The smallest absolute Gasteiger partial charge is 0.326 e. The molecule has 1 aliphatic heterocycles. The van der Waals surface area contributed by atoms with Crippen LogP contribution in [0.15, 0.2) is 17.0 Å². The van der Waals surface area contributed by atoms with E-state index in [2.05, 4.69) is 0 Å². The summed E-state index contributed by atoms with van der Waals surface area (Å²) in [6.07, 6.45) is 1.38. The predicted octanol–water partition coefficient (Wildman–Crippen LogP) is 2.32. The molecule has 0 bridgehead atoms. The lowest BCUT2D eigenvalue weighted by Crippen LogP contribution is -2.35. The highest BCUT2D eigenvalue weighted by atomic mass is 32.2. The van der Waals surface area contributed by atoms with Gasteiger partial charge in [-0.1, -0.05) is 0 Å². The van der Waals surface area contributed by atoms with Crippen LogP contribution in [0.25, 0.3) is 6.08 Å². The molecule has 0 atom stereocenters. The van der Waals surface area contributed by atoms with Crippen LogP contribution in [-0.4, -0.2) is 39.2 Å². The molecule has 0 spiro atoms. The standard InChI is InChI=1S/C15H18N2O4S/c1-9(2)21-13(18)8-17-14(19)12(22-15(17)20)7-11-6-5-10(3)16(11)4/h5-7,9H,8H2,1-4H3/b12-7+. The molecule has 1 saturated heterocycles. The molecule has 2 heterocycles. The fraction of sp³-hybridized carbons (Fsp3) is 0.400. The van der Waals surface area contributed by atoms with Crippen LogP contribution in [0.2, 0.25) is 0 Å². The van der Waals surface area contributed by atoms with Gasteiger partial charge in [-0.05, 0) is 50.7 Å². The first-order valence-electron chi connectivity index (χ1n) is 6.86. The topological polar surface area (TPSA) is 68.6 Å². The summed E-state index contributed by atoms with van der Waals surface area (Å²) in [6.45, 7) is 5.02. The predicted molar refractivity (Wildman–Crippen MR) is 84.1 cm³/mol. The van der Waals surface area contributed by atoms with Crippen LogP contribution < -0.4 is 0 Å². The van der Waals surface area contributed by atoms with Gasteiger partial charge in [-0.2, -0.15) is 0 Å². The molecule has 1 aliphatic rings. The van der Waals surface area contributed by atoms with Gasteiger partial charge in [0.25, 0.3) is 11.1 Å². The normalized spacial score (nSPS) is 17.0. The minimum Gasteiger partial charge on any atom is -0.462 e. The maximum atomic E-state index is 12.3. The van der Waals surface area contributed by atoms with Gasteiger partial charge < -0.3 is 9.30 Å². The van der Waals surface area contributed by atoms with E-state index in [1.165, 1.54) is 0 Å². The molecule has 0 saturated carbocycles. The second-order valence-corrected chi connectivity index (χ2v) is 6.26. The highest BCUT2D eigenvalue weighted by Gasteiger charge is 2.36. The molecular weight excluding hydrogens is 304 g/mol. The van der Waals surface area contributed by atoms with Gasteiger partial charge in [0.2, 0.25) is 0 Å². The Kier molecular flexibility index (Phi) is 4.75. The Bertz CT molecular complexity index is 660. The van der Waals surface area contributed by atoms with Crippen molar-refractivity contribution in [3.63, 3.8) is 0 Å². The molecule has 0 aliphatic carbocycles. The van der Waals surface area contributed by atoms with Gasteiger partial charge in [-0.25, -0.2) is 0 Å². The quantitative estimate of drug-likeness (QED) is 0.628. The number of imide groups is 1. The largest absolute Gasteiger partial charge is 0.462 e. The van der Waals surface area contributed by atoms with Crippen LogP contribution in [0.1, 0.15) is 25.2 Å². The van der Waals surface area contributed by atoms with E-state index in [1.807, 2.05) is 30.7 Å². The summed E-state index contributed by atoms with van der Waals surface area (Å²) < 4.78 is 6.88. The van der Waals surface area contributed by atoms with Crippen molar-refractivity contribution in [2.24, 2.45) is 7.05 Å². The Morgan fingerprint density at radius 2 is 2.05 bits per heavy atom. The summed E-state index contributed by atoms with van der Waals surface area (Å²) in [5.41, 5.74) is 1.87. The lowest BCUT2D eigenvalue weighted by atomic mass is 10.3. The van der Waals surface area contributed by atoms with Gasteiger partial charge in [0.15, 0.2) is 0 Å². The lowest BCUT2D eigenvalue weighted by molar-refractivity contribution is -0.149. The maximum Gasteiger partial charge on any atom is 0.326 e. The first-order chi connectivity index (χ1) is 10.3. The molecule has 0 unspecified atom stereocenters. The zero-order valence-corrected chi connectivity index (χ0v) is 13.8. The zero-order valence-electron chi connectivity index (χ0n) is 13.0. The van der Waals surface area contributed by atoms with Crippen molar-refractivity contribution in [2.45, 2.75) is 26.9 Å². The fourth-order valence-electron chi connectivity index (χ4n) is 1.98. The number of rotatable bonds is 4. The lowest BCUT2D eigenvalue weighted by Gasteiger charge is -2.13. The van der Waals surface area contributed by atoms with Gasteiger partial charge in [-0.15, -0.1) is 0 Å². The molecule has 1 aromatic rings. The number of thioether (sulfide) groups is 1. The van der Waals surface area contributed by atoms with Crippen LogP contribution in [0.4, 0.5) is 4.79 Å². The van der Waals surface area contributed by atoms with Crippen molar-refractivity contribution in [3.05, 3.63) is 28.4 Å². The molecule has 22 heavy (non-hydrogen) atoms. The number of aryl methyl sites for hydroxylation is 1. The number of carbonyl (C=O) groups excluding carboxylic acids is 3. The van der Waals surface area contributed by atoms with Crippen molar-refractivity contribution >= 4 is 35.0 Å². The fourth-order valence-corrected chi connectivity index (χ4v) is 2.80. The Morgan fingerprint density at radius 3 is 2.59 bits per heavy atom. The summed E-state index contributed by atoms with van der Waals surface area (Å²) in [7, 11) is 1.88. The Balaban J connectivity index is 2.15. The summed E-state index contributed by atoms with van der Waals surface area (Å²) in [4.78, 5) is 37.0. The summed E-state index contributed by atoms with van der Waals surface area (Å²) >= 11 is 0.833. The first kappa shape index (κ1) is 16.4. The van der Waals surface area contributed by atoms with E-state index >= 15 is 0 Å². The van der Waals surface area contributed by atoms with Crippen LogP contribution in [0, 0.1) is 6.92 Å². The van der Waals surface area contributed by atoms with E-state index in [1.54, 1.807) is 19.9 Å². The molecule has 0 aromatic carbocycles. The molecule has 2 amide bonds. The van der Waals surface area contributed by atoms with Gasteiger partial charge in [0.05, 0.1) is 11.0 Å². The number of aromatic nitrogens is 1. The Hall–Kier alpha value is -2.02. The monoisotopic (exact) mass is 322 g/mol. The Labute approximate surface area is 133 Å². The summed E-state index contributed by atoms with van der Waals surface area (Å²) in [5.74, 6) is -1.05. The summed E-state index contributed by atoms with van der Waals surface area (Å²) in [5, 5.41) is -0.456. The van der Waals surface area contributed by atoms with Crippen molar-refractivity contribution in [1.29, 1.82) is 0 Å². The number of hydrogen-bond acceptors (Lipinski definition) is 5. The second-order valence-electron chi connectivity index (χ2n) is 5.27. The number of ether oxygens (including phenoxy) is 1. The molecule has 1 fully saturated rings. The minimum absolute atomic E-state index is 0.283. The number of carbonyl (C=O) groups is 3. The van der Waals surface area contributed by atoms with E-state index in [0.29, 0.717) is 4.91 Å². The highest BCUT2D eigenvalue weighted by molar-refractivity contribution is 8.18. The molecule has 1 aromatic heterocycles. The van der Waals surface area contributed by atoms with Crippen LogP contribution in [0.3, 0.4) is 0 Å². The molecule has 6 nitrogen and oxygen atoms in total. The van der Waals surface area contributed by atoms with E-state index in [0.717, 1.165) is 28.0 Å². The molecule has 118 valence electrons. The molecule has 7 heteroatoms. The average molecular weight is 322 g/mol. The van der Waals surface area contributed by atoms with E-state index in [4.69, 9.17) is 4.74 Å². The molecule has 0 N–H and O–H groups in total. The first-order valence-corrected chi connectivity index (χ1v) is 7.68. The maximum absolute atomic E-state index is 12.3. The molecular formula is C15H18N2O4S. The third-order valence-electron chi connectivity index (χ3n) is 3.22. The van der Waals surface area contributed by atoms with Crippen molar-refractivity contribution < 1.29 is 19.1 Å². The average Bonchev–Trinajstić information content (AvgIpc) is 2.86. The number of esters is 1. The number of nitrogens with zero attached hydrogens (tertiary/aromatic N) is 2. The third-order valence-corrected chi connectivity index (χ3v) is 4.13. The van der Waals surface area contributed by atoms with Crippen molar-refractivity contribution in [1.82, 2.24) is 9.47 Å². The van der Waals surface area contributed by atoms with Crippen LogP contribution >= 0.6 is 11.8 Å². The van der Waals surface area contributed by atoms with Gasteiger partial charge >= 0.3 is 5.97 Å². The van der Waals surface area contributed by atoms with Crippen molar-refractivity contribution in [3.8, 4) is 0 Å². The van der Waals surface area contributed by atoms with Crippen LogP contribution in [-0.2, 0) is 21.4 Å². The van der Waals surface area contributed by atoms with E-state index in [-0.39, 0.29) is 12.6 Å². The third kappa shape index (κ3) is 3.41.